The fourth-order valence-corrected chi connectivity index (χ4v) is 8.18. The molecule has 0 aliphatic carbocycles. The lowest BCUT2D eigenvalue weighted by Crippen LogP contribution is -2.52. The van der Waals surface area contributed by atoms with Gasteiger partial charge in [-0.15, -0.1) is 0 Å². The average Bonchev–Trinajstić information content (AvgIpc) is 3.53. The Morgan fingerprint density at radius 2 is 1.54 bits per heavy atom. The lowest BCUT2D eigenvalue weighted by Gasteiger charge is -2.41. The first-order chi connectivity index (χ1) is 27.1. The predicted octanol–water partition coefficient (Wildman–Crippen LogP) is 6.44. The molecule has 3 amide bonds. The minimum atomic E-state index is -0.500. The van der Waals surface area contributed by atoms with Gasteiger partial charge in [-0.3, -0.25) is 14.5 Å². The highest BCUT2D eigenvalue weighted by Gasteiger charge is 2.35. The molecular weight excluding hydrogens is 707 g/mol. The average molecular weight is 754 g/mol. The molecule has 4 aromatic carbocycles. The molecule has 4 heterocycles. The molecule has 1 saturated heterocycles. The Bertz CT molecular complexity index is 2260. The Morgan fingerprint density at radius 1 is 0.821 bits per heavy atom. The molecule has 5 aromatic rings. The van der Waals surface area contributed by atoms with Crippen molar-refractivity contribution in [1.82, 2.24) is 19.3 Å². The van der Waals surface area contributed by atoms with Crippen molar-refractivity contribution in [3.63, 3.8) is 0 Å². The zero-order valence-electron chi connectivity index (χ0n) is 32.1. The fourth-order valence-electron chi connectivity index (χ4n) is 8.18. The Balaban J connectivity index is 1.18. The standard InChI is InChI=1S/C45H47N5O6/c1-30-39(43(52)47(3)35-11-5-4-6-12-35)26-42(46(30)2)40-24-32-17-18-49(45(54)56-38-15-13-37(51)14-16-38)27-34(32)25-41(40)44(53)50-28-33-10-8-7-9-31(33)23-36(50)29-48-19-21-55-22-20-48/h4-16,24-26,36,51H,17-23,27-29H2,1-3H3/t36-/m0/s1. The van der Waals surface area contributed by atoms with E-state index in [0.717, 1.165) is 65.4 Å². The number of morpholine rings is 1. The van der Waals surface area contributed by atoms with E-state index >= 15 is 4.79 Å². The van der Waals surface area contributed by atoms with E-state index < -0.39 is 6.09 Å². The molecule has 8 rings (SSSR count). The summed E-state index contributed by atoms with van der Waals surface area (Å²) in [6, 6.07) is 29.9. The van der Waals surface area contributed by atoms with Crippen molar-refractivity contribution in [3.05, 3.63) is 136 Å². The number of ether oxygens (including phenoxy) is 2. The number of nitrogens with zero attached hydrogens (tertiary/aromatic N) is 5. The number of hydrogen-bond acceptors (Lipinski definition) is 7. The van der Waals surface area contributed by atoms with Crippen LogP contribution in [0.15, 0.2) is 97.1 Å². The van der Waals surface area contributed by atoms with Gasteiger partial charge in [0.05, 0.1) is 18.8 Å². The normalized spacial score (nSPS) is 16.9. The molecule has 0 saturated carbocycles. The number of benzene rings is 4. The van der Waals surface area contributed by atoms with Crippen LogP contribution >= 0.6 is 0 Å². The van der Waals surface area contributed by atoms with Crippen molar-refractivity contribution in [3.8, 4) is 22.8 Å². The first-order valence-corrected chi connectivity index (χ1v) is 19.2. The molecule has 0 spiro atoms. The minimum Gasteiger partial charge on any atom is -0.508 e. The second-order valence-electron chi connectivity index (χ2n) is 15.0. The van der Waals surface area contributed by atoms with E-state index in [1.165, 1.54) is 17.7 Å². The number of rotatable bonds is 7. The van der Waals surface area contributed by atoms with Gasteiger partial charge in [0.1, 0.15) is 11.5 Å². The molecule has 1 N–H and O–H groups in total. The van der Waals surface area contributed by atoms with Crippen LogP contribution < -0.4 is 9.64 Å². The van der Waals surface area contributed by atoms with Gasteiger partial charge in [0.2, 0.25) is 0 Å². The van der Waals surface area contributed by atoms with Crippen molar-refractivity contribution in [1.29, 1.82) is 0 Å². The molecule has 288 valence electrons. The zero-order valence-corrected chi connectivity index (χ0v) is 32.1. The highest BCUT2D eigenvalue weighted by Crippen LogP contribution is 2.36. The van der Waals surface area contributed by atoms with Gasteiger partial charge in [0, 0.05) is 87.6 Å². The fraction of sp³-hybridized carbons (Fsp3) is 0.311. The first kappa shape index (κ1) is 37.0. The monoisotopic (exact) mass is 753 g/mol. The number of amides is 3. The molecule has 1 atom stereocenters. The lowest BCUT2D eigenvalue weighted by atomic mass is 9.89. The predicted molar refractivity (Wildman–Crippen MR) is 214 cm³/mol. The summed E-state index contributed by atoms with van der Waals surface area (Å²) < 4.78 is 13.3. The van der Waals surface area contributed by atoms with Crippen LogP contribution in [0.4, 0.5) is 10.5 Å². The summed E-state index contributed by atoms with van der Waals surface area (Å²) in [6.45, 7) is 6.82. The van der Waals surface area contributed by atoms with Crippen molar-refractivity contribution >= 4 is 23.6 Å². The third-order valence-corrected chi connectivity index (χ3v) is 11.6. The maximum Gasteiger partial charge on any atom is 0.415 e. The van der Waals surface area contributed by atoms with E-state index in [0.29, 0.717) is 49.6 Å². The molecule has 11 nitrogen and oxygen atoms in total. The number of aromatic nitrogens is 1. The van der Waals surface area contributed by atoms with Gasteiger partial charge in [-0.25, -0.2) is 4.79 Å². The van der Waals surface area contributed by atoms with Gasteiger partial charge in [0.15, 0.2) is 0 Å². The molecule has 0 radical (unpaired) electrons. The van der Waals surface area contributed by atoms with E-state index in [-0.39, 0.29) is 30.2 Å². The van der Waals surface area contributed by atoms with Gasteiger partial charge < -0.3 is 33.8 Å². The molecule has 3 aliphatic heterocycles. The molecule has 0 unspecified atom stereocenters. The number of aromatic hydroxyl groups is 1. The Morgan fingerprint density at radius 3 is 2.29 bits per heavy atom. The number of hydrogen-bond donors (Lipinski definition) is 1. The highest BCUT2D eigenvalue weighted by molar-refractivity contribution is 6.08. The Hall–Kier alpha value is -5.91. The Kier molecular flexibility index (Phi) is 10.4. The Labute approximate surface area is 327 Å². The van der Waals surface area contributed by atoms with Gasteiger partial charge in [-0.2, -0.15) is 0 Å². The summed E-state index contributed by atoms with van der Waals surface area (Å²) in [4.78, 5) is 50.4. The van der Waals surface area contributed by atoms with Crippen LogP contribution in [0, 0.1) is 6.92 Å². The van der Waals surface area contributed by atoms with Crippen molar-refractivity contribution in [2.45, 2.75) is 38.9 Å². The molecule has 1 aromatic heterocycles. The smallest absolute Gasteiger partial charge is 0.415 e. The summed E-state index contributed by atoms with van der Waals surface area (Å²) in [6.07, 6.45) is 0.800. The number of phenols is 1. The van der Waals surface area contributed by atoms with Gasteiger partial charge in [0.25, 0.3) is 11.8 Å². The van der Waals surface area contributed by atoms with E-state index in [4.69, 9.17) is 9.47 Å². The van der Waals surface area contributed by atoms with Gasteiger partial charge in [-0.1, -0.05) is 42.5 Å². The van der Waals surface area contributed by atoms with Crippen LogP contribution in [0.25, 0.3) is 11.3 Å². The molecule has 0 bridgehead atoms. The molecular formula is C45H47N5O6. The molecule has 11 heteroatoms. The van der Waals surface area contributed by atoms with E-state index in [1.807, 2.05) is 72.0 Å². The molecule has 3 aliphatic rings. The van der Waals surface area contributed by atoms with Crippen LogP contribution in [0.2, 0.25) is 0 Å². The van der Waals surface area contributed by atoms with Crippen LogP contribution in [0.1, 0.15) is 48.7 Å². The minimum absolute atomic E-state index is 0.0667. The number of carbonyl (C=O) groups excluding carboxylic acids is 3. The number of anilines is 1. The second-order valence-corrected chi connectivity index (χ2v) is 15.0. The van der Waals surface area contributed by atoms with Gasteiger partial charge in [-0.05, 0) is 96.6 Å². The third-order valence-electron chi connectivity index (χ3n) is 11.6. The number of para-hydroxylation sites is 1. The first-order valence-electron chi connectivity index (χ1n) is 19.2. The van der Waals surface area contributed by atoms with Crippen LogP contribution in [0.5, 0.6) is 11.5 Å². The van der Waals surface area contributed by atoms with Crippen molar-refractivity contribution in [2.24, 2.45) is 7.05 Å². The van der Waals surface area contributed by atoms with Gasteiger partial charge >= 0.3 is 6.09 Å². The topological polar surface area (TPSA) is 108 Å². The molecule has 56 heavy (non-hydrogen) atoms. The number of phenolic OH excluding ortho intramolecular Hbond substituents is 1. The quantitative estimate of drug-likeness (QED) is 0.204. The van der Waals surface area contributed by atoms with E-state index in [9.17, 15) is 14.7 Å². The number of fused-ring (bicyclic) bond motifs is 2. The number of carbonyl (C=O) groups is 3. The second kappa shape index (κ2) is 15.7. The largest absolute Gasteiger partial charge is 0.508 e. The van der Waals surface area contributed by atoms with Crippen LogP contribution in [-0.2, 0) is 37.7 Å². The van der Waals surface area contributed by atoms with Crippen molar-refractivity contribution < 1.29 is 29.0 Å². The summed E-state index contributed by atoms with van der Waals surface area (Å²) in [5.74, 6) is 0.195. The summed E-state index contributed by atoms with van der Waals surface area (Å²) in [5, 5.41) is 9.69. The molecule has 1 fully saturated rings. The van der Waals surface area contributed by atoms with Crippen LogP contribution in [0.3, 0.4) is 0 Å². The van der Waals surface area contributed by atoms with Crippen LogP contribution in [-0.4, -0.2) is 94.8 Å². The van der Waals surface area contributed by atoms with Crippen molar-refractivity contribution in [2.75, 3.05) is 51.3 Å². The maximum atomic E-state index is 15.3. The lowest BCUT2D eigenvalue weighted by molar-refractivity contribution is 0.0193. The third kappa shape index (κ3) is 7.39. The summed E-state index contributed by atoms with van der Waals surface area (Å²) in [7, 11) is 3.72. The summed E-state index contributed by atoms with van der Waals surface area (Å²) in [5.41, 5.74) is 8.50. The maximum absolute atomic E-state index is 15.3. The zero-order chi connectivity index (χ0) is 38.9. The van der Waals surface area contributed by atoms with E-state index in [2.05, 4.69) is 29.2 Å². The SMILES string of the molecule is Cc1c(C(=O)N(C)c2ccccc2)cc(-c2cc3c(cc2C(=O)N2Cc4ccccc4C[C@H]2CN2CCOCC2)CN(C(=O)Oc2ccc(O)cc2)CC3)n1C. The highest BCUT2D eigenvalue weighted by atomic mass is 16.6. The van der Waals surface area contributed by atoms with E-state index in [1.54, 1.807) is 29.0 Å². The summed E-state index contributed by atoms with van der Waals surface area (Å²) >= 11 is 0.